The van der Waals surface area contributed by atoms with Crippen molar-refractivity contribution in [1.29, 1.82) is 0 Å². The Balaban J connectivity index is 1.39. The lowest BCUT2D eigenvalue weighted by atomic mass is 10.1. The van der Waals surface area contributed by atoms with E-state index in [1.54, 1.807) is 27.8 Å². The summed E-state index contributed by atoms with van der Waals surface area (Å²) in [6.07, 6.45) is 0.816. The Labute approximate surface area is 184 Å². The van der Waals surface area contributed by atoms with Crippen molar-refractivity contribution in [3.8, 4) is 0 Å². The third-order valence-corrected chi connectivity index (χ3v) is 8.50. The molecule has 0 saturated carbocycles. The van der Waals surface area contributed by atoms with Crippen molar-refractivity contribution < 1.29 is 8.42 Å². The molecule has 5 nitrogen and oxygen atoms in total. The predicted molar refractivity (Wildman–Crippen MR) is 121 cm³/mol. The molecule has 0 N–H and O–H groups in total. The predicted octanol–water partition coefficient (Wildman–Crippen LogP) is 4.14. The number of hydrogen-bond donors (Lipinski definition) is 0. The van der Waals surface area contributed by atoms with Gasteiger partial charge in [-0.2, -0.15) is 4.31 Å². The molecule has 8 heteroatoms. The van der Waals surface area contributed by atoms with Crippen LogP contribution in [-0.2, 0) is 21.8 Å². The van der Waals surface area contributed by atoms with E-state index in [0.29, 0.717) is 36.4 Å². The fourth-order valence-corrected chi connectivity index (χ4v) is 6.02. The molecule has 1 fully saturated rings. The minimum atomic E-state index is -3.45. The third kappa shape index (κ3) is 4.71. The van der Waals surface area contributed by atoms with Crippen LogP contribution in [0.5, 0.6) is 0 Å². The summed E-state index contributed by atoms with van der Waals surface area (Å²) in [5.74, 6) is 0. The Morgan fingerprint density at radius 2 is 1.62 bits per heavy atom. The standard InChI is InChI=1S/C21H22BrN3O2S2/c22-15-18-6-8-20(9-7-18)29(26,27)25-12-10-24(11-13-25)21-23-19(16-28-21)14-17-4-2-1-3-5-17/h1-9,16H,10-15H2. The first-order valence-corrected chi connectivity index (χ1v) is 12.9. The Morgan fingerprint density at radius 1 is 0.931 bits per heavy atom. The topological polar surface area (TPSA) is 53.5 Å². The quantitative estimate of drug-likeness (QED) is 0.486. The molecule has 1 saturated heterocycles. The zero-order chi connectivity index (χ0) is 20.3. The summed E-state index contributed by atoms with van der Waals surface area (Å²) in [7, 11) is -3.45. The van der Waals surface area contributed by atoms with E-state index >= 15 is 0 Å². The number of thiazole rings is 1. The number of aromatic nitrogens is 1. The second-order valence-electron chi connectivity index (χ2n) is 6.95. The highest BCUT2D eigenvalue weighted by Crippen LogP contribution is 2.25. The number of halogens is 1. The summed E-state index contributed by atoms with van der Waals surface area (Å²) in [5.41, 5.74) is 3.35. The molecule has 2 aromatic carbocycles. The summed E-state index contributed by atoms with van der Waals surface area (Å²) in [6.45, 7) is 2.24. The van der Waals surface area contributed by atoms with Gasteiger partial charge in [0.05, 0.1) is 10.6 Å². The van der Waals surface area contributed by atoms with Gasteiger partial charge in [0.1, 0.15) is 0 Å². The SMILES string of the molecule is O=S(=O)(c1ccc(CBr)cc1)N1CCN(c2nc(Cc3ccccc3)cs2)CC1. The number of hydrogen-bond acceptors (Lipinski definition) is 5. The summed E-state index contributed by atoms with van der Waals surface area (Å²) in [5, 5.41) is 3.78. The van der Waals surface area contributed by atoms with Crippen LogP contribution in [0.15, 0.2) is 64.9 Å². The number of anilines is 1. The van der Waals surface area contributed by atoms with Gasteiger partial charge in [-0.15, -0.1) is 11.3 Å². The molecule has 0 spiro atoms. The van der Waals surface area contributed by atoms with Gasteiger partial charge in [0.15, 0.2) is 5.13 Å². The highest BCUT2D eigenvalue weighted by molar-refractivity contribution is 9.08. The largest absolute Gasteiger partial charge is 0.345 e. The highest BCUT2D eigenvalue weighted by Gasteiger charge is 2.29. The third-order valence-electron chi connectivity index (χ3n) is 4.99. The number of benzene rings is 2. The Bertz CT molecular complexity index is 1050. The molecule has 2 heterocycles. The molecular formula is C21H22BrN3O2S2. The van der Waals surface area contributed by atoms with Gasteiger partial charge in [0, 0.05) is 43.3 Å². The van der Waals surface area contributed by atoms with E-state index in [1.807, 2.05) is 30.3 Å². The zero-order valence-corrected chi connectivity index (χ0v) is 19.1. The summed E-state index contributed by atoms with van der Waals surface area (Å²) in [4.78, 5) is 7.30. The van der Waals surface area contributed by atoms with E-state index in [2.05, 4.69) is 38.3 Å². The monoisotopic (exact) mass is 491 g/mol. The summed E-state index contributed by atoms with van der Waals surface area (Å²) in [6, 6.07) is 17.4. The number of rotatable bonds is 6. The first-order valence-electron chi connectivity index (χ1n) is 9.44. The van der Waals surface area contributed by atoms with Gasteiger partial charge in [-0.3, -0.25) is 0 Å². The molecule has 0 amide bonds. The molecule has 1 aromatic heterocycles. The molecule has 0 radical (unpaired) electrons. The van der Waals surface area contributed by atoms with Crippen molar-refractivity contribution in [2.75, 3.05) is 31.1 Å². The van der Waals surface area contributed by atoms with Crippen LogP contribution in [0.4, 0.5) is 5.13 Å². The number of sulfonamides is 1. The molecule has 0 bridgehead atoms. The lowest BCUT2D eigenvalue weighted by Crippen LogP contribution is -2.48. The number of nitrogens with zero attached hydrogens (tertiary/aromatic N) is 3. The van der Waals surface area contributed by atoms with Crippen molar-refractivity contribution in [3.05, 3.63) is 76.8 Å². The fourth-order valence-electron chi connectivity index (χ4n) is 3.35. The fraction of sp³-hybridized carbons (Fsp3) is 0.286. The van der Waals surface area contributed by atoms with E-state index in [1.165, 1.54) is 5.56 Å². The van der Waals surface area contributed by atoms with Crippen molar-refractivity contribution in [3.63, 3.8) is 0 Å². The van der Waals surface area contributed by atoms with Gasteiger partial charge >= 0.3 is 0 Å². The van der Waals surface area contributed by atoms with Gasteiger partial charge in [0.25, 0.3) is 0 Å². The van der Waals surface area contributed by atoms with Crippen LogP contribution in [0.2, 0.25) is 0 Å². The molecule has 0 atom stereocenters. The van der Waals surface area contributed by atoms with Crippen LogP contribution < -0.4 is 4.90 Å². The Hall–Kier alpha value is -1.74. The molecule has 0 unspecified atom stereocenters. The van der Waals surface area contributed by atoms with Gasteiger partial charge in [0.2, 0.25) is 10.0 Å². The van der Waals surface area contributed by atoms with Gasteiger partial charge in [-0.25, -0.2) is 13.4 Å². The smallest absolute Gasteiger partial charge is 0.243 e. The van der Waals surface area contributed by atoms with Crippen molar-refractivity contribution in [2.45, 2.75) is 16.6 Å². The second kappa shape index (κ2) is 8.95. The van der Waals surface area contributed by atoms with Crippen molar-refractivity contribution in [1.82, 2.24) is 9.29 Å². The van der Waals surface area contributed by atoms with Crippen LogP contribution >= 0.6 is 27.3 Å². The molecule has 0 aliphatic carbocycles. The Kier molecular flexibility index (Phi) is 6.34. The van der Waals surface area contributed by atoms with Gasteiger partial charge in [-0.05, 0) is 23.3 Å². The zero-order valence-electron chi connectivity index (χ0n) is 15.9. The molecule has 3 aromatic rings. The highest BCUT2D eigenvalue weighted by atomic mass is 79.9. The van der Waals surface area contributed by atoms with Gasteiger partial charge < -0.3 is 4.90 Å². The van der Waals surface area contributed by atoms with E-state index in [0.717, 1.165) is 22.8 Å². The van der Waals surface area contributed by atoms with Gasteiger partial charge in [-0.1, -0.05) is 58.4 Å². The maximum absolute atomic E-state index is 12.9. The second-order valence-corrected chi connectivity index (χ2v) is 10.3. The number of piperazine rings is 1. The average molecular weight is 492 g/mol. The maximum Gasteiger partial charge on any atom is 0.243 e. The molecule has 29 heavy (non-hydrogen) atoms. The minimum Gasteiger partial charge on any atom is -0.345 e. The molecule has 1 aliphatic rings. The van der Waals surface area contributed by atoms with E-state index in [4.69, 9.17) is 4.98 Å². The van der Waals surface area contributed by atoms with Crippen molar-refractivity contribution in [2.24, 2.45) is 0 Å². The molecule has 4 rings (SSSR count). The summed E-state index contributed by atoms with van der Waals surface area (Å²) < 4.78 is 27.4. The van der Waals surface area contributed by atoms with Crippen LogP contribution in [0.25, 0.3) is 0 Å². The Morgan fingerprint density at radius 3 is 2.28 bits per heavy atom. The lowest BCUT2D eigenvalue weighted by Gasteiger charge is -2.33. The first-order chi connectivity index (χ1) is 14.1. The maximum atomic E-state index is 12.9. The van der Waals surface area contributed by atoms with Crippen LogP contribution in [0.3, 0.4) is 0 Å². The van der Waals surface area contributed by atoms with E-state index in [-0.39, 0.29) is 0 Å². The van der Waals surface area contributed by atoms with E-state index < -0.39 is 10.0 Å². The molecule has 152 valence electrons. The first kappa shape index (κ1) is 20.5. The number of alkyl halides is 1. The summed E-state index contributed by atoms with van der Waals surface area (Å²) >= 11 is 5.01. The average Bonchev–Trinajstić information content (AvgIpc) is 3.23. The molecule has 1 aliphatic heterocycles. The molecular weight excluding hydrogens is 470 g/mol. The van der Waals surface area contributed by atoms with Crippen LogP contribution in [0.1, 0.15) is 16.8 Å². The lowest BCUT2D eigenvalue weighted by molar-refractivity contribution is 0.384. The van der Waals surface area contributed by atoms with E-state index in [9.17, 15) is 8.42 Å². The van der Waals surface area contributed by atoms with Crippen LogP contribution in [0, 0.1) is 0 Å². The van der Waals surface area contributed by atoms with Crippen LogP contribution in [-0.4, -0.2) is 43.9 Å². The minimum absolute atomic E-state index is 0.357. The van der Waals surface area contributed by atoms with Crippen molar-refractivity contribution >= 4 is 42.4 Å². The normalized spacial score (nSPS) is 15.6.